The van der Waals surface area contributed by atoms with Crippen LogP contribution in [-0.2, 0) is 21.1 Å². The summed E-state index contributed by atoms with van der Waals surface area (Å²) in [6.07, 6.45) is 4.38. The molecule has 0 saturated carbocycles. The van der Waals surface area contributed by atoms with Crippen LogP contribution in [0.5, 0.6) is 11.5 Å². The van der Waals surface area contributed by atoms with E-state index < -0.39 is 9.84 Å². The third-order valence-electron chi connectivity index (χ3n) is 5.32. The number of ether oxygens (including phenoxy) is 2. The van der Waals surface area contributed by atoms with Gasteiger partial charge in [0.1, 0.15) is 0 Å². The molecule has 1 aliphatic rings. The molecule has 7 heteroatoms. The van der Waals surface area contributed by atoms with Crippen molar-refractivity contribution in [2.75, 3.05) is 31.8 Å². The first-order chi connectivity index (χ1) is 14.9. The van der Waals surface area contributed by atoms with Gasteiger partial charge in [-0.2, -0.15) is 0 Å². The zero-order valence-electron chi connectivity index (χ0n) is 18.0. The Labute approximate surface area is 184 Å². The molecule has 6 nitrogen and oxygen atoms in total. The van der Waals surface area contributed by atoms with E-state index in [2.05, 4.69) is 0 Å². The van der Waals surface area contributed by atoms with E-state index in [1.165, 1.54) is 6.08 Å². The lowest BCUT2D eigenvalue weighted by atomic mass is 10.1. The van der Waals surface area contributed by atoms with E-state index in [9.17, 15) is 13.2 Å². The molecule has 1 heterocycles. The van der Waals surface area contributed by atoms with Crippen molar-refractivity contribution in [3.8, 4) is 11.5 Å². The van der Waals surface area contributed by atoms with Gasteiger partial charge in [-0.25, -0.2) is 8.42 Å². The fourth-order valence-electron chi connectivity index (χ4n) is 3.71. The van der Waals surface area contributed by atoms with Crippen LogP contribution in [-0.4, -0.2) is 57.0 Å². The highest BCUT2D eigenvalue weighted by atomic mass is 32.2. The monoisotopic (exact) mass is 443 g/mol. The molecule has 2 aromatic carbocycles. The molecule has 0 spiro atoms. The standard InChI is InChI=1S/C24H29NO5S/c1-3-30-22-11-9-20(17-23(22)29-2)10-12-24(26)25(21-14-16-31(27,28)18-21)15-13-19-7-5-4-6-8-19/h4-12,17,21H,3,13-16,18H2,1-2H3/b12-10+/t21-/m0/s1. The fourth-order valence-corrected chi connectivity index (χ4v) is 5.44. The van der Waals surface area contributed by atoms with Crippen molar-refractivity contribution in [2.45, 2.75) is 25.8 Å². The molecule has 1 amide bonds. The van der Waals surface area contributed by atoms with Gasteiger partial charge in [0.15, 0.2) is 21.3 Å². The second-order valence-corrected chi connectivity index (χ2v) is 9.73. The first-order valence-electron chi connectivity index (χ1n) is 10.5. The summed E-state index contributed by atoms with van der Waals surface area (Å²) in [5, 5.41) is 0. The lowest BCUT2D eigenvalue weighted by Gasteiger charge is -2.27. The number of sulfone groups is 1. The molecular formula is C24H29NO5S. The molecule has 1 aliphatic heterocycles. The Balaban J connectivity index is 1.75. The predicted molar refractivity (Wildman–Crippen MR) is 122 cm³/mol. The van der Waals surface area contributed by atoms with Crippen LogP contribution in [0.25, 0.3) is 6.08 Å². The number of benzene rings is 2. The van der Waals surface area contributed by atoms with Gasteiger partial charge in [0, 0.05) is 18.7 Å². The molecule has 2 aromatic rings. The van der Waals surface area contributed by atoms with Crippen molar-refractivity contribution in [1.29, 1.82) is 0 Å². The minimum absolute atomic E-state index is 0.0260. The van der Waals surface area contributed by atoms with Crippen molar-refractivity contribution in [3.05, 3.63) is 65.7 Å². The minimum atomic E-state index is -3.09. The number of methoxy groups -OCH3 is 1. The number of amides is 1. The van der Waals surface area contributed by atoms with Crippen LogP contribution in [0.1, 0.15) is 24.5 Å². The molecule has 0 N–H and O–H groups in total. The first-order valence-corrected chi connectivity index (χ1v) is 12.3. The maximum Gasteiger partial charge on any atom is 0.246 e. The Morgan fingerprint density at radius 3 is 2.58 bits per heavy atom. The molecule has 0 bridgehead atoms. The number of carbonyl (C=O) groups is 1. The molecule has 0 aromatic heterocycles. The van der Waals surface area contributed by atoms with E-state index in [1.807, 2.05) is 55.5 Å². The van der Waals surface area contributed by atoms with Crippen molar-refractivity contribution in [2.24, 2.45) is 0 Å². The van der Waals surface area contributed by atoms with Crippen LogP contribution >= 0.6 is 0 Å². The van der Waals surface area contributed by atoms with Crippen molar-refractivity contribution >= 4 is 21.8 Å². The van der Waals surface area contributed by atoms with Gasteiger partial charge >= 0.3 is 0 Å². The predicted octanol–water partition coefficient (Wildman–Crippen LogP) is 3.37. The van der Waals surface area contributed by atoms with E-state index in [0.29, 0.717) is 37.5 Å². The van der Waals surface area contributed by atoms with Gasteiger partial charge in [-0.15, -0.1) is 0 Å². The van der Waals surface area contributed by atoms with E-state index >= 15 is 0 Å². The van der Waals surface area contributed by atoms with Gasteiger partial charge in [0.05, 0.1) is 25.2 Å². The molecule has 31 heavy (non-hydrogen) atoms. The van der Waals surface area contributed by atoms with Crippen LogP contribution in [0.2, 0.25) is 0 Å². The summed E-state index contributed by atoms with van der Waals surface area (Å²) in [7, 11) is -1.52. The summed E-state index contributed by atoms with van der Waals surface area (Å²) in [6, 6.07) is 15.1. The quantitative estimate of drug-likeness (QED) is 0.556. The Morgan fingerprint density at radius 2 is 1.94 bits per heavy atom. The molecule has 3 rings (SSSR count). The van der Waals surface area contributed by atoms with E-state index in [0.717, 1.165) is 11.1 Å². The average Bonchev–Trinajstić information content (AvgIpc) is 3.13. The van der Waals surface area contributed by atoms with E-state index in [-0.39, 0.29) is 23.5 Å². The highest BCUT2D eigenvalue weighted by Gasteiger charge is 2.33. The lowest BCUT2D eigenvalue weighted by Crippen LogP contribution is -2.41. The highest BCUT2D eigenvalue weighted by molar-refractivity contribution is 7.91. The number of hydrogen-bond donors (Lipinski definition) is 0. The van der Waals surface area contributed by atoms with Gasteiger partial charge in [-0.05, 0) is 49.1 Å². The third kappa shape index (κ3) is 6.34. The second kappa shape index (κ2) is 10.5. The molecule has 166 valence electrons. The summed E-state index contributed by atoms with van der Waals surface area (Å²) >= 11 is 0. The Kier molecular flexibility index (Phi) is 7.74. The number of hydrogen-bond acceptors (Lipinski definition) is 5. The molecule has 0 radical (unpaired) electrons. The van der Waals surface area contributed by atoms with Gasteiger partial charge in [-0.3, -0.25) is 4.79 Å². The largest absolute Gasteiger partial charge is 0.493 e. The summed E-state index contributed by atoms with van der Waals surface area (Å²) in [5.41, 5.74) is 1.91. The van der Waals surface area contributed by atoms with Gasteiger partial charge in [0.25, 0.3) is 0 Å². The van der Waals surface area contributed by atoms with Gasteiger partial charge < -0.3 is 14.4 Å². The molecular weight excluding hydrogens is 414 g/mol. The molecule has 1 atom stereocenters. The number of nitrogens with zero attached hydrogens (tertiary/aromatic N) is 1. The summed E-state index contributed by atoms with van der Waals surface area (Å²) < 4.78 is 34.9. The normalized spacial score (nSPS) is 17.5. The SMILES string of the molecule is CCOc1ccc(/C=C/C(=O)N(CCc2ccccc2)[C@H]2CCS(=O)(=O)C2)cc1OC. The zero-order chi connectivity index (χ0) is 22.3. The molecule has 1 saturated heterocycles. The fraction of sp³-hybridized carbons (Fsp3) is 0.375. The second-order valence-electron chi connectivity index (χ2n) is 7.50. The Bertz CT molecular complexity index is 1020. The average molecular weight is 444 g/mol. The summed E-state index contributed by atoms with van der Waals surface area (Å²) in [4.78, 5) is 14.7. The Hall–Kier alpha value is -2.80. The van der Waals surface area contributed by atoms with Crippen LogP contribution in [0, 0.1) is 0 Å². The van der Waals surface area contributed by atoms with Crippen molar-refractivity contribution in [3.63, 3.8) is 0 Å². The zero-order valence-corrected chi connectivity index (χ0v) is 18.8. The highest BCUT2D eigenvalue weighted by Crippen LogP contribution is 2.28. The molecule has 1 fully saturated rings. The van der Waals surface area contributed by atoms with Crippen LogP contribution in [0.3, 0.4) is 0 Å². The van der Waals surface area contributed by atoms with E-state index in [4.69, 9.17) is 9.47 Å². The maximum atomic E-state index is 13.0. The smallest absolute Gasteiger partial charge is 0.246 e. The Morgan fingerprint density at radius 1 is 1.16 bits per heavy atom. The van der Waals surface area contributed by atoms with Gasteiger partial charge in [0.2, 0.25) is 5.91 Å². The van der Waals surface area contributed by atoms with Crippen LogP contribution in [0.15, 0.2) is 54.6 Å². The summed E-state index contributed by atoms with van der Waals surface area (Å²) in [6.45, 7) is 2.91. The number of rotatable bonds is 9. The first kappa shape index (κ1) is 22.9. The van der Waals surface area contributed by atoms with Crippen LogP contribution in [0.4, 0.5) is 0 Å². The minimum Gasteiger partial charge on any atom is -0.493 e. The van der Waals surface area contributed by atoms with Crippen molar-refractivity contribution < 1.29 is 22.7 Å². The molecule has 0 aliphatic carbocycles. The number of carbonyl (C=O) groups excluding carboxylic acids is 1. The van der Waals surface area contributed by atoms with Gasteiger partial charge in [-0.1, -0.05) is 36.4 Å². The lowest BCUT2D eigenvalue weighted by molar-refractivity contribution is -0.127. The van der Waals surface area contributed by atoms with E-state index in [1.54, 1.807) is 18.1 Å². The van der Waals surface area contributed by atoms with Crippen LogP contribution < -0.4 is 9.47 Å². The topological polar surface area (TPSA) is 72.9 Å². The maximum absolute atomic E-state index is 13.0. The van der Waals surface area contributed by atoms with Crippen molar-refractivity contribution in [1.82, 2.24) is 4.90 Å². The molecule has 0 unspecified atom stereocenters. The summed E-state index contributed by atoms with van der Waals surface area (Å²) in [5.74, 6) is 1.21. The third-order valence-corrected chi connectivity index (χ3v) is 7.07.